The standard InChI is InChI=1S/C13H28N2O/c1-5-16-12-6-8-15(9-7-12)10-13(14-4)11(2)3/h11-14H,5-10H2,1-4H3. The van der Waals surface area contributed by atoms with Gasteiger partial charge in [0.1, 0.15) is 0 Å². The quantitative estimate of drug-likeness (QED) is 0.749. The van der Waals surface area contributed by atoms with Crippen LogP contribution in [0.2, 0.25) is 0 Å². The Balaban J connectivity index is 2.25. The lowest BCUT2D eigenvalue weighted by atomic mass is 10.0. The molecule has 1 atom stereocenters. The van der Waals surface area contributed by atoms with Crippen molar-refractivity contribution < 1.29 is 4.74 Å². The van der Waals surface area contributed by atoms with E-state index < -0.39 is 0 Å². The average molecular weight is 228 g/mol. The van der Waals surface area contributed by atoms with Gasteiger partial charge in [-0.2, -0.15) is 0 Å². The summed E-state index contributed by atoms with van der Waals surface area (Å²) in [4.78, 5) is 2.57. The third-order valence-corrected chi connectivity index (χ3v) is 3.57. The van der Waals surface area contributed by atoms with Crippen LogP contribution in [0.4, 0.5) is 0 Å². The molecule has 1 saturated heterocycles. The number of nitrogens with one attached hydrogen (secondary N) is 1. The summed E-state index contributed by atoms with van der Waals surface area (Å²) >= 11 is 0. The number of ether oxygens (including phenoxy) is 1. The fourth-order valence-corrected chi connectivity index (χ4v) is 2.41. The Kier molecular flexibility index (Phi) is 6.32. The summed E-state index contributed by atoms with van der Waals surface area (Å²) in [7, 11) is 2.07. The van der Waals surface area contributed by atoms with Crippen LogP contribution in [-0.2, 0) is 4.74 Å². The number of hydrogen-bond donors (Lipinski definition) is 1. The number of piperidine rings is 1. The SMILES string of the molecule is CCOC1CCN(CC(NC)C(C)C)CC1. The fourth-order valence-electron chi connectivity index (χ4n) is 2.41. The van der Waals surface area contributed by atoms with Gasteiger partial charge in [-0.15, -0.1) is 0 Å². The lowest BCUT2D eigenvalue weighted by molar-refractivity contribution is 0.0115. The summed E-state index contributed by atoms with van der Waals surface area (Å²) in [6.07, 6.45) is 2.90. The predicted molar refractivity (Wildman–Crippen MR) is 68.8 cm³/mol. The molecule has 0 amide bonds. The van der Waals surface area contributed by atoms with Crippen molar-refractivity contribution in [2.75, 3.05) is 33.3 Å². The first-order valence-corrected chi connectivity index (χ1v) is 6.68. The Morgan fingerprint density at radius 2 is 1.94 bits per heavy atom. The van der Waals surface area contributed by atoms with Gasteiger partial charge in [0.05, 0.1) is 6.10 Å². The van der Waals surface area contributed by atoms with Crippen LogP contribution in [0.3, 0.4) is 0 Å². The zero-order valence-electron chi connectivity index (χ0n) is 11.3. The van der Waals surface area contributed by atoms with Gasteiger partial charge in [-0.3, -0.25) is 0 Å². The Bertz CT molecular complexity index is 177. The molecule has 0 aromatic carbocycles. The van der Waals surface area contributed by atoms with Crippen LogP contribution in [0.25, 0.3) is 0 Å². The topological polar surface area (TPSA) is 24.5 Å². The van der Waals surface area contributed by atoms with Crippen molar-refractivity contribution in [2.45, 2.75) is 45.8 Å². The molecule has 0 radical (unpaired) electrons. The molecule has 0 aromatic heterocycles. The Morgan fingerprint density at radius 3 is 2.38 bits per heavy atom. The minimum Gasteiger partial charge on any atom is -0.378 e. The van der Waals surface area contributed by atoms with Gasteiger partial charge in [0, 0.05) is 32.3 Å². The monoisotopic (exact) mass is 228 g/mol. The van der Waals surface area contributed by atoms with Gasteiger partial charge in [0.15, 0.2) is 0 Å². The molecule has 1 unspecified atom stereocenters. The molecule has 0 saturated carbocycles. The summed E-state index contributed by atoms with van der Waals surface area (Å²) in [5.41, 5.74) is 0. The van der Waals surface area contributed by atoms with E-state index in [9.17, 15) is 0 Å². The van der Waals surface area contributed by atoms with E-state index in [2.05, 4.69) is 38.0 Å². The van der Waals surface area contributed by atoms with Crippen molar-refractivity contribution >= 4 is 0 Å². The molecule has 0 aromatic rings. The van der Waals surface area contributed by atoms with Gasteiger partial charge in [0.2, 0.25) is 0 Å². The van der Waals surface area contributed by atoms with Crippen molar-refractivity contribution in [3.05, 3.63) is 0 Å². The van der Waals surface area contributed by atoms with Crippen LogP contribution >= 0.6 is 0 Å². The minimum absolute atomic E-state index is 0.508. The maximum atomic E-state index is 5.67. The Hall–Kier alpha value is -0.120. The van der Waals surface area contributed by atoms with Crippen molar-refractivity contribution in [2.24, 2.45) is 5.92 Å². The van der Waals surface area contributed by atoms with E-state index in [0.29, 0.717) is 18.1 Å². The third-order valence-electron chi connectivity index (χ3n) is 3.57. The van der Waals surface area contributed by atoms with Crippen molar-refractivity contribution in [1.82, 2.24) is 10.2 Å². The summed E-state index contributed by atoms with van der Waals surface area (Å²) in [5, 5.41) is 3.41. The number of hydrogen-bond acceptors (Lipinski definition) is 3. The molecule has 3 nitrogen and oxygen atoms in total. The molecule has 1 heterocycles. The maximum Gasteiger partial charge on any atom is 0.0599 e. The van der Waals surface area contributed by atoms with Gasteiger partial charge in [0.25, 0.3) is 0 Å². The molecule has 1 N–H and O–H groups in total. The summed E-state index contributed by atoms with van der Waals surface area (Å²) in [6.45, 7) is 11.1. The molecule has 0 bridgehead atoms. The highest BCUT2D eigenvalue weighted by Gasteiger charge is 2.22. The molecular formula is C13H28N2O. The summed E-state index contributed by atoms with van der Waals surface area (Å²) in [6, 6.07) is 0.614. The van der Waals surface area contributed by atoms with Crippen LogP contribution in [0.5, 0.6) is 0 Å². The number of rotatable bonds is 6. The molecule has 0 aliphatic carbocycles. The van der Waals surface area contributed by atoms with Gasteiger partial charge in [-0.25, -0.2) is 0 Å². The molecule has 1 aliphatic rings. The van der Waals surface area contributed by atoms with Gasteiger partial charge in [-0.1, -0.05) is 13.8 Å². The van der Waals surface area contributed by atoms with Gasteiger partial charge >= 0.3 is 0 Å². The Morgan fingerprint density at radius 1 is 1.31 bits per heavy atom. The van der Waals surface area contributed by atoms with E-state index in [0.717, 1.165) is 6.61 Å². The molecule has 1 rings (SSSR count). The van der Waals surface area contributed by atoms with Gasteiger partial charge in [-0.05, 0) is 32.7 Å². The third kappa shape index (κ3) is 4.40. The lowest BCUT2D eigenvalue weighted by Crippen LogP contribution is -2.46. The maximum absolute atomic E-state index is 5.67. The molecule has 3 heteroatoms. The Labute approximate surface area is 101 Å². The highest BCUT2D eigenvalue weighted by molar-refractivity contribution is 4.78. The first-order valence-electron chi connectivity index (χ1n) is 6.68. The molecule has 1 fully saturated rings. The molecular weight excluding hydrogens is 200 g/mol. The van der Waals surface area contributed by atoms with E-state index in [1.165, 1.54) is 32.5 Å². The van der Waals surface area contributed by atoms with E-state index in [-0.39, 0.29) is 0 Å². The van der Waals surface area contributed by atoms with Crippen molar-refractivity contribution in [3.8, 4) is 0 Å². The average Bonchev–Trinajstić information content (AvgIpc) is 2.28. The van der Waals surface area contributed by atoms with Crippen LogP contribution in [0, 0.1) is 5.92 Å². The van der Waals surface area contributed by atoms with Crippen LogP contribution < -0.4 is 5.32 Å². The second-order valence-electron chi connectivity index (χ2n) is 5.09. The number of likely N-dealkylation sites (N-methyl/N-ethyl adjacent to an activating group) is 1. The largest absolute Gasteiger partial charge is 0.378 e. The minimum atomic E-state index is 0.508. The zero-order chi connectivity index (χ0) is 12.0. The fraction of sp³-hybridized carbons (Fsp3) is 1.00. The van der Waals surface area contributed by atoms with Crippen LogP contribution in [0.15, 0.2) is 0 Å². The molecule has 0 spiro atoms. The second kappa shape index (κ2) is 7.25. The normalized spacial score (nSPS) is 21.6. The van der Waals surface area contributed by atoms with Crippen LogP contribution in [-0.4, -0.2) is 50.3 Å². The zero-order valence-corrected chi connectivity index (χ0v) is 11.3. The van der Waals surface area contributed by atoms with E-state index in [4.69, 9.17) is 4.74 Å². The molecule has 16 heavy (non-hydrogen) atoms. The van der Waals surface area contributed by atoms with E-state index in [1.807, 2.05) is 0 Å². The highest BCUT2D eigenvalue weighted by Crippen LogP contribution is 2.15. The van der Waals surface area contributed by atoms with E-state index >= 15 is 0 Å². The van der Waals surface area contributed by atoms with E-state index in [1.54, 1.807) is 0 Å². The van der Waals surface area contributed by atoms with Crippen molar-refractivity contribution in [1.29, 1.82) is 0 Å². The second-order valence-corrected chi connectivity index (χ2v) is 5.09. The smallest absolute Gasteiger partial charge is 0.0599 e. The summed E-state index contributed by atoms with van der Waals surface area (Å²) < 4.78 is 5.67. The summed E-state index contributed by atoms with van der Waals surface area (Å²) in [5.74, 6) is 0.703. The first kappa shape index (κ1) is 13.9. The predicted octanol–water partition coefficient (Wildman–Crippen LogP) is 1.73. The lowest BCUT2D eigenvalue weighted by Gasteiger charge is -2.35. The van der Waals surface area contributed by atoms with Crippen LogP contribution in [0.1, 0.15) is 33.6 Å². The van der Waals surface area contributed by atoms with Gasteiger partial charge < -0.3 is 15.0 Å². The number of nitrogens with zero attached hydrogens (tertiary/aromatic N) is 1. The first-order chi connectivity index (χ1) is 7.67. The van der Waals surface area contributed by atoms with Crippen molar-refractivity contribution in [3.63, 3.8) is 0 Å². The molecule has 1 aliphatic heterocycles. The number of likely N-dealkylation sites (tertiary alicyclic amines) is 1. The highest BCUT2D eigenvalue weighted by atomic mass is 16.5. The molecule has 96 valence electrons.